The van der Waals surface area contributed by atoms with Gasteiger partial charge in [0.15, 0.2) is 9.84 Å². The van der Waals surface area contributed by atoms with Crippen LogP contribution in [0.15, 0.2) is 65.6 Å². The normalized spacial score (nSPS) is 11.4. The van der Waals surface area contributed by atoms with Gasteiger partial charge in [-0.1, -0.05) is 23.7 Å². The minimum Gasteiger partial charge on any atom is -0.338 e. The highest BCUT2D eigenvalue weighted by molar-refractivity contribution is 7.90. The lowest BCUT2D eigenvalue weighted by atomic mass is 10.2. The minimum absolute atomic E-state index is 0.152. The molecule has 0 radical (unpaired) electrons. The SMILES string of the molecule is CS(=O)(=O)c1cc(C(=O)Nc2ccc3nc(-c4ccccc4Cl)[nH]c3c2)cc([N+](=O)[O-])c1. The van der Waals surface area contributed by atoms with Crippen LogP contribution in [0.5, 0.6) is 0 Å². The fourth-order valence-corrected chi connectivity index (χ4v) is 4.01. The predicted molar refractivity (Wildman–Crippen MR) is 121 cm³/mol. The summed E-state index contributed by atoms with van der Waals surface area (Å²) in [6, 6.07) is 15.2. The van der Waals surface area contributed by atoms with E-state index in [0.29, 0.717) is 27.6 Å². The van der Waals surface area contributed by atoms with Gasteiger partial charge in [0.1, 0.15) is 5.82 Å². The summed E-state index contributed by atoms with van der Waals surface area (Å²) in [5, 5.41) is 14.3. The van der Waals surface area contributed by atoms with E-state index < -0.39 is 26.4 Å². The number of aromatic amines is 1. The zero-order chi connectivity index (χ0) is 23.0. The number of nitro benzene ring substituents is 1. The summed E-state index contributed by atoms with van der Waals surface area (Å²) in [4.78, 5) is 30.4. The number of hydrogen-bond donors (Lipinski definition) is 2. The van der Waals surface area contributed by atoms with Crippen LogP contribution in [-0.4, -0.2) is 35.5 Å². The second-order valence-electron chi connectivity index (χ2n) is 7.00. The molecule has 9 nitrogen and oxygen atoms in total. The zero-order valence-electron chi connectivity index (χ0n) is 16.5. The van der Waals surface area contributed by atoms with E-state index in [9.17, 15) is 23.3 Å². The minimum atomic E-state index is -3.75. The molecule has 0 aliphatic carbocycles. The van der Waals surface area contributed by atoms with Crippen molar-refractivity contribution in [3.8, 4) is 11.4 Å². The summed E-state index contributed by atoms with van der Waals surface area (Å²) in [5.74, 6) is -0.130. The number of nitrogens with one attached hydrogen (secondary N) is 2. The Labute approximate surface area is 187 Å². The van der Waals surface area contributed by atoms with Crippen molar-refractivity contribution in [2.24, 2.45) is 0 Å². The number of fused-ring (bicyclic) bond motifs is 1. The van der Waals surface area contributed by atoms with Crippen molar-refractivity contribution in [3.05, 3.63) is 81.4 Å². The highest BCUT2D eigenvalue weighted by Crippen LogP contribution is 2.28. The van der Waals surface area contributed by atoms with Crippen molar-refractivity contribution in [1.29, 1.82) is 0 Å². The Morgan fingerprint density at radius 2 is 1.88 bits per heavy atom. The van der Waals surface area contributed by atoms with E-state index in [-0.39, 0.29) is 10.5 Å². The highest BCUT2D eigenvalue weighted by atomic mass is 35.5. The van der Waals surface area contributed by atoms with Crippen LogP contribution in [0.2, 0.25) is 5.02 Å². The van der Waals surface area contributed by atoms with Gasteiger partial charge in [-0.2, -0.15) is 0 Å². The molecule has 4 rings (SSSR count). The molecule has 3 aromatic carbocycles. The number of amides is 1. The summed E-state index contributed by atoms with van der Waals surface area (Å²) in [6.07, 6.45) is 0.913. The monoisotopic (exact) mass is 470 g/mol. The quantitative estimate of drug-likeness (QED) is 0.327. The number of halogens is 1. The number of carbonyl (C=O) groups is 1. The maximum atomic E-state index is 12.7. The molecule has 11 heteroatoms. The number of non-ortho nitro benzene ring substituents is 1. The first kappa shape index (κ1) is 21.5. The van der Waals surface area contributed by atoms with Gasteiger partial charge in [-0.3, -0.25) is 14.9 Å². The van der Waals surface area contributed by atoms with Gasteiger partial charge in [-0.25, -0.2) is 13.4 Å². The van der Waals surface area contributed by atoms with Crippen LogP contribution in [-0.2, 0) is 9.84 Å². The third-order valence-electron chi connectivity index (χ3n) is 4.66. The third kappa shape index (κ3) is 4.32. The molecule has 1 heterocycles. The van der Waals surface area contributed by atoms with Gasteiger partial charge in [-0.15, -0.1) is 0 Å². The van der Waals surface area contributed by atoms with E-state index in [4.69, 9.17) is 11.6 Å². The first-order valence-electron chi connectivity index (χ1n) is 9.17. The molecule has 0 atom stereocenters. The van der Waals surface area contributed by atoms with Crippen LogP contribution >= 0.6 is 11.6 Å². The maximum Gasteiger partial charge on any atom is 0.271 e. The molecule has 162 valence electrons. The number of nitro groups is 1. The van der Waals surface area contributed by atoms with Gasteiger partial charge in [0, 0.05) is 35.2 Å². The molecule has 1 aromatic heterocycles. The first-order chi connectivity index (χ1) is 15.1. The molecule has 0 saturated heterocycles. The number of imidazole rings is 1. The molecule has 0 unspecified atom stereocenters. The molecule has 2 N–H and O–H groups in total. The summed E-state index contributed by atoms with van der Waals surface area (Å²) in [7, 11) is -3.75. The Balaban J connectivity index is 1.66. The summed E-state index contributed by atoms with van der Waals surface area (Å²) in [6.45, 7) is 0. The number of carbonyl (C=O) groups excluding carboxylic acids is 1. The standard InChI is InChI=1S/C21H15ClN4O5S/c1-32(30,31)15-9-12(8-14(11-15)26(28)29)21(27)23-13-6-7-18-19(10-13)25-20(24-18)16-4-2-3-5-17(16)22/h2-11H,1H3,(H,23,27)(H,24,25). The predicted octanol–water partition coefficient (Wildman–Crippen LogP) is 4.45. The van der Waals surface area contributed by atoms with Crippen molar-refractivity contribution in [1.82, 2.24) is 9.97 Å². The lowest BCUT2D eigenvalue weighted by molar-refractivity contribution is -0.385. The van der Waals surface area contributed by atoms with Crippen LogP contribution in [0.25, 0.3) is 22.4 Å². The van der Waals surface area contributed by atoms with Gasteiger partial charge < -0.3 is 10.3 Å². The van der Waals surface area contributed by atoms with Crippen LogP contribution in [0.3, 0.4) is 0 Å². The average molecular weight is 471 g/mol. The number of sulfone groups is 1. The third-order valence-corrected chi connectivity index (χ3v) is 6.08. The van der Waals surface area contributed by atoms with Crippen molar-refractivity contribution >= 4 is 49.8 Å². The molecule has 32 heavy (non-hydrogen) atoms. The van der Waals surface area contributed by atoms with E-state index in [0.717, 1.165) is 30.0 Å². The Bertz CT molecular complexity index is 1500. The average Bonchev–Trinajstić information content (AvgIpc) is 3.16. The first-order valence-corrected chi connectivity index (χ1v) is 11.4. The Kier molecular flexibility index (Phi) is 5.41. The van der Waals surface area contributed by atoms with Gasteiger partial charge in [-0.05, 0) is 36.4 Å². The maximum absolute atomic E-state index is 12.7. The Morgan fingerprint density at radius 1 is 1.12 bits per heavy atom. The van der Waals surface area contributed by atoms with Crippen molar-refractivity contribution < 1.29 is 18.1 Å². The van der Waals surface area contributed by atoms with Crippen LogP contribution in [0.1, 0.15) is 10.4 Å². The van der Waals surface area contributed by atoms with Gasteiger partial charge >= 0.3 is 0 Å². The molecular formula is C21H15ClN4O5S. The van der Waals surface area contributed by atoms with Gasteiger partial charge in [0.05, 0.1) is 25.9 Å². The smallest absolute Gasteiger partial charge is 0.271 e. The van der Waals surface area contributed by atoms with Crippen molar-refractivity contribution in [2.75, 3.05) is 11.6 Å². The number of aromatic nitrogens is 2. The van der Waals surface area contributed by atoms with Crippen molar-refractivity contribution in [3.63, 3.8) is 0 Å². The molecule has 0 aliphatic rings. The molecule has 1 amide bonds. The fourth-order valence-electron chi connectivity index (χ4n) is 3.11. The zero-order valence-corrected chi connectivity index (χ0v) is 18.1. The number of anilines is 1. The van der Waals surface area contributed by atoms with Crippen molar-refractivity contribution in [2.45, 2.75) is 4.90 Å². The van der Waals surface area contributed by atoms with Crippen LogP contribution in [0, 0.1) is 10.1 Å². The van der Waals surface area contributed by atoms with Crippen LogP contribution < -0.4 is 5.32 Å². The lowest BCUT2D eigenvalue weighted by Gasteiger charge is -2.07. The Morgan fingerprint density at radius 3 is 2.56 bits per heavy atom. The number of hydrogen-bond acceptors (Lipinski definition) is 6. The lowest BCUT2D eigenvalue weighted by Crippen LogP contribution is -2.13. The summed E-state index contributed by atoms with van der Waals surface area (Å²) < 4.78 is 23.7. The molecule has 0 aliphatic heterocycles. The fraction of sp³-hybridized carbons (Fsp3) is 0.0476. The van der Waals surface area contributed by atoms with Gasteiger partial charge in [0.2, 0.25) is 0 Å². The summed E-state index contributed by atoms with van der Waals surface area (Å²) >= 11 is 6.23. The molecule has 4 aromatic rings. The molecular weight excluding hydrogens is 456 g/mol. The summed E-state index contributed by atoms with van der Waals surface area (Å²) in [5.41, 5.74) is 1.75. The van der Waals surface area contributed by atoms with Crippen LogP contribution in [0.4, 0.5) is 11.4 Å². The molecule has 0 bridgehead atoms. The molecule has 0 fully saturated rings. The van der Waals surface area contributed by atoms with E-state index >= 15 is 0 Å². The van der Waals surface area contributed by atoms with E-state index in [1.807, 2.05) is 18.2 Å². The van der Waals surface area contributed by atoms with E-state index in [2.05, 4.69) is 15.3 Å². The second-order valence-corrected chi connectivity index (χ2v) is 9.42. The largest absolute Gasteiger partial charge is 0.338 e. The van der Waals surface area contributed by atoms with E-state index in [1.54, 1.807) is 24.3 Å². The topological polar surface area (TPSA) is 135 Å². The number of benzene rings is 3. The number of nitrogens with zero attached hydrogens (tertiary/aromatic N) is 2. The number of rotatable bonds is 5. The van der Waals surface area contributed by atoms with Gasteiger partial charge in [0.25, 0.3) is 11.6 Å². The molecule has 0 spiro atoms. The highest BCUT2D eigenvalue weighted by Gasteiger charge is 2.19. The molecule has 0 saturated carbocycles. The van der Waals surface area contributed by atoms with E-state index in [1.165, 1.54) is 0 Å². The second kappa shape index (κ2) is 8.06. The number of H-pyrrole nitrogens is 1. The Hall–Kier alpha value is -3.76.